The van der Waals surface area contributed by atoms with E-state index in [9.17, 15) is 4.79 Å². The Morgan fingerprint density at radius 3 is 2.81 bits per heavy atom. The molecule has 0 aromatic heterocycles. The van der Waals surface area contributed by atoms with E-state index < -0.39 is 12.0 Å². The molecule has 1 heterocycles. The van der Waals surface area contributed by atoms with Gasteiger partial charge in [-0.1, -0.05) is 6.92 Å². The highest BCUT2D eigenvalue weighted by molar-refractivity contribution is 5.73. The van der Waals surface area contributed by atoms with Gasteiger partial charge in [-0.05, 0) is 25.8 Å². The second-order valence-electron chi connectivity index (χ2n) is 3.99. The van der Waals surface area contributed by atoms with Gasteiger partial charge >= 0.3 is 5.97 Å². The highest BCUT2D eigenvalue weighted by atomic mass is 16.5. The Kier molecular flexibility index (Phi) is 6.37. The molecule has 0 aromatic carbocycles. The van der Waals surface area contributed by atoms with Crippen molar-refractivity contribution in [2.45, 2.75) is 38.3 Å². The zero-order valence-corrected chi connectivity index (χ0v) is 9.78. The zero-order valence-electron chi connectivity index (χ0n) is 9.78. The maximum absolute atomic E-state index is 10.9. The Bertz CT molecular complexity index is 204. The average molecular weight is 231 g/mol. The molecule has 1 atom stereocenters. The van der Waals surface area contributed by atoms with E-state index in [0.717, 1.165) is 19.3 Å². The molecule has 1 rings (SSSR count). The van der Waals surface area contributed by atoms with Gasteiger partial charge in [0.25, 0.3) is 0 Å². The maximum atomic E-state index is 10.9. The largest absolute Gasteiger partial charge is 0.480 e. The summed E-state index contributed by atoms with van der Waals surface area (Å²) in [7, 11) is 0. The summed E-state index contributed by atoms with van der Waals surface area (Å²) in [5.74, 6) is -0.847. The number of ether oxygens (including phenoxy) is 2. The lowest BCUT2D eigenvalue weighted by molar-refractivity contribution is -0.142. The van der Waals surface area contributed by atoms with Gasteiger partial charge in [0.15, 0.2) is 0 Å². The monoisotopic (exact) mass is 231 g/mol. The van der Waals surface area contributed by atoms with Gasteiger partial charge in [-0.15, -0.1) is 0 Å². The third kappa shape index (κ3) is 4.92. The molecule has 0 aliphatic carbocycles. The first-order valence-electron chi connectivity index (χ1n) is 5.89. The van der Waals surface area contributed by atoms with Crippen LogP contribution < -0.4 is 5.32 Å². The van der Waals surface area contributed by atoms with Gasteiger partial charge in [0.1, 0.15) is 6.04 Å². The first-order valence-corrected chi connectivity index (χ1v) is 5.89. The number of hydrogen-bond donors (Lipinski definition) is 2. The van der Waals surface area contributed by atoms with Crippen LogP contribution in [0.15, 0.2) is 0 Å². The van der Waals surface area contributed by atoms with Gasteiger partial charge in [-0.25, -0.2) is 0 Å². The Morgan fingerprint density at radius 1 is 1.56 bits per heavy atom. The van der Waals surface area contributed by atoms with Gasteiger partial charge in [0.2, 0.25) is 0 Å². The fraction of sp³-hybridized carbons (Fsp3) is 0.909. The van der Waals surface area contributed by atoms with Gasteiger partial charge in [-0.2, -0.15) is 0 Å². The van der Waals surface area contributed by atoms with Crippen LogP contribution in [0.2, 0.25) is 0 Å². The van der Waals surface area contributed by atoms with Crippen molar-refractivity contribution in [3.8, 4) is 0 Å². The van der Waals surface area contributed by atoms with Crippen LogP contribution >= 0.6 is 0 Å². The molecule has 5 nitrogen and oxygen atoms in total. The van der Waals surface area contributed by atoms with Gasteiger partial charge < -0.3 is 19.9 Å². The first kappa shape index (κ1) is 13.4. The molecule has 2 N–H and O–H groups in total. The molecule has 0 spiro atoms. The fourth-order valence-electron chi connectivity index (χ4n) is 1.61. The third-order valence-corrected chi connectivity index (χ3v) is 2.61. The molecule has 1 aliphatic rings. The zero-order chi connectivity index (χ0) is 11.8. The minimum Gasteiger partial charge on any atom is -0.480 e. The molecular formula is C11H21NO4. The predicted molar refractivity (Wildman–Crippen MR) is 59.5 cm³/mol. The molecule has 0 saturated carbocycles. The van der Waals surface area contributed by atoms with Gasteiger partial charge in [0, 0.05) is 13.2 Å². The average Bonchev–Trinajstić information content (AvgIpc) is 2.30. The normalized spacial score (nSPS) is 19.6. The number of carboxylic acids is 1. The summed E-state index contributed by atoms with van der Waals surface area (Å²) in [5.41, 5.74) is 0. The SMILES string of the molecule is CCCNC(COC1CCOCC1)C(=O)O. The number of rotatable bonds is 7. The Hall–Kier alpha value is -0.650. The molecule has 0 amide bonds. The molecule has 0 aromatic rings. The van der Waals surface area contributed by atoms with E-state index in [1.807, 2.05) is 6.92 Å². The molecule has 16 heavy (non-hydrogen) atoms. The molecule has 5 heteroatoms. The van der Waals surface area contributed by atoms with Crippen LogP contribution in [0.1, 0.15) is 26.2 Å². The lowest BCUT2D eigenvalue weighted by Crippen LogP contribution is -2.42. The lowest BCUT2D eigenvalue weighted by Gasteiger charge is -2.24. The van der Waals surface area contributed by atoms with E-state index >= 15 is 0 Å². The molecule has 0 radical (unpaired) electrons. The van der Waals surface area contributed by atoms with Crippen LogP contribution in [0.4, 0.5) is 0 Å². The summed E-state index contributed by atoms with van der Waals surface area (Å²) < 4.78 is 10.8. The predicted octanol–water partition coefficient (Wildman–Crippen LogP) is 0.635. The number of carboxylic acid groups (broad SMARTS) is 1. The minimum absolute atomic E-state index is 0.152. The van der Waals surface area contributed by atoms with E-state index in [1.54, 1.807) is 0 Å². The van der Waals surface area contributed by atoms with Crippen molar-refractivity contribution in [1.29, 1.82) is 0 Å². The Morgan fingerprint density at radius 2 is 2.25 bits per heavy atom. The second-order valence-corrected chi connectivity index (χ2v) is 3.99. The standard InChI is InChI=1S/C11H21NO4/c1-2-5-12-10(11(13)14)8-16-9-3-6-15-7-4-9/h9-10,12H,2-8H2,1H3,(H,13,14). The van der Waals surface area contributed by atoms with Crippen molar-refractivity contribution in [2.75, 3.05) is 26.4 Å². The van der Waals surface area contributed by atoms with E-state index in [0.29, 0.717) is 19.8 Å². The summed E-state index contributed by atoms with van der Waals surface area (Å²) in [5, 5.41) is 11.9. The van der Waals surface area contributed by atoms with Crippen molar-refractivity contribution in [2.24, 2.45) is 0 Å². The Labute approximate surface area is 96.1 Å². The fourth-order valence-corrected chi connectivity index (χ4v) is 1.61. The molecule has 94 valence electrons. The smallest absolute Gasteiger partial charge is 0.323 e. The Balaban J connectivity index is 2.22. The molecule has 1 saturated heterocycles. The van der Waals surface area contributed by atoms with E-state index in [2.05, 4.69) is 5.32 Å². The number of hydrogen-bond acceptors (Lipinski definition) is 4. The van der Waals surface area contributed by atoms with Crippen LogP contribution in [0.25, 0.3) is 0 Å². The highest BCUT2D eigenvalue weighted by Crippen LogP contribution is 2.10. The topological polar surface area (TPSA) is 67.8 Å². The molecule has 1 fully saturated rings. The summed E-state index contributed by atoms with van der Waals surface area (Å²) in [6, 6.07) is -0.595. The molecule has 1 aliphatic heterocycles. The number of aliphatic carboxylic acids is 1. The number of carbonyl (C=O) groups is 1. The number of nitrogens with one attached hydrogen (secondary N) is 1. The summed E-state index contributed by atoms with van der Waals surface area (Å²) >= 11 is 0. The molecular weight excluding hydrogens is 210 g/mol. The molecule has 1 unspecified atom stereocenters. The van der Waals surface area contributed by atoms with Crippen LogP contribution in [0, 0.1) is 0 Å². The lowest BCUT2D eigenvalue weighted by atomic mass is 10.1. The highest BCUT2D eigenvalue weighted by Gasteiger charge is 2.20. The maximum Gasteiger partial charge on any atom is 0.323 e. The molecule has 0 bridgehead atoms. The third-order valence-electron chi connectivity index (χ3n) is 2.61. The van der Waals surface area contributed by atoms with E-state index in [1.165, 1.54) is 0 Å². The second kappa shape index (κ2) is 7.60. The summed E-state index contributed by atoms with van der Waals surface area (Å²) in [6.45, 7) is 4.37. The summed E-state index contributed by atoms with van der Waals surface area (Å²) in [4.78, 5) is 10.9. The van der Waals surface area contributed by atoms with Crippen LogP contribution in [0.5, 0.6) is 0 Å². The van der Waals surface area contributed by atoms with Crippen LogP contribution in [-0.2, 0) is 14.3 Å². The van der Waals surface area contributed by atoms with Crippen molar-refractivity contribution < 1.29 is 19.4 Å². The summed E-state index contributed by atoms with van der Waals surface area (Å²) in [6.07, 6.45) is 2.79. The van der Waals surface area contributed by atoms with Gasteiger partial charge in [0.05, 0.1) is 12.7 Å². The van der Waals surface area contributed by atoms with Crippen molar-refractivity contribution in [3.63, 3.8) is 0 Å². The van der Waals surface area contributed by atoms with Gasteiger partial charge in [-0.3, -0.25) is 4.79 Å². The quantitative estimate of drug-likeness (QED) is 0.673. The van der Waals surface area contributed by atoms with E-state index in [4.69, 9.17) is 14.6 Å². The van der Waals surface area contributed by atoms with Crippen molar-refractivity contribution >= 4 is 5.97 Å². The minimum atomic E-state index is -0.847. The van der Waals surface area contributed by atoms with Crippen LogP contribution in [0.3, 0.4) is 0 Å². The van der Waals surface area contributed by atoms with Crippen LogP contribution in [-0.4, -0.2) is 49.6 Å². The van der Waals surface area contributed by atoms with Crippen molar-refractivity contribution in [3.05, 3.63) is 0 Å². The van der Waals surface area contributed by atoms with Crippen molar-refractivity contribution in [1.82, 2.24) is 5.32 Å². The van der Waals surface area contributed by atoms with E-state index in [-0.39, 0.29) is 12.7 Å². The first-order chi connectivity index (χ1) is 7.74.